The Bertz CT molecular complexity index is 553. The first-order valence-electron chi connectivity index (χ1n) is 6.45. The summed E-state index contributed by atoms with van der Waals surface area (Å²) in [7, 11) is 0. The van der Waals surface area contributed by atoms with E-state index in [4.69, 9.17) is 4.42 Å². The summed E-state index contributed by atoms with van der Waals surface area (Å²) in [5.41, 5.74) is 2.09. The molecule has 0 amide bonds. The highest BCUT2D eigenvalue weighted by Gasteiger charge is 2.14. The SMILES string of the molecule is CCCNC(C)c1nnc(-c2ccc(Br)c(C)c2)o1. The normalized spacial score (nSPS) is 12.6. The second-order valence-corrected chi connectivity index (χ2v) is 5.44. The predicted octanol–water partition coefficient (Wildman–Crippen LogP) is 3.87. The van der Waals surface area contributed by atoms with E-state index in [1.54, 1.807) is 0 Å². The highest BCUT2D eigenvalue weighted by molar-refractivity contribution is 9.10. The van der Waals surface area contributed by atoms with Crippen LogP contribution in [0.3, 0.4) is 0 Å². The topological polar surface area (TPSA) is 51.0 Å². The third-order valence-corrected chi connectivity index (χ3v) is 3.81. The molecule has 4 nitrogen and oxygen atoms in total. The van der Waals surface area contributed by atoms with Gasteiger partial charge in [-0.25, -0.2) is 0 Å². The Kier molecular flexibility index (Phi) is 4.71. The summed E-state index contributed by atoms with van der Waals surface area (Å²) in [6.45, 7) is 7.13. The van der Waals surface area contributed by atoms with E-state index in [2.05, 4.69) is 38.4 Å². The van der Waals surface area contributed by atoms with Crippen LogP contribution < -0.4 is 5.32 Å². The van der Waals surface area contributed by atoms with Gasteiger partial charge >= 0.3 is 0 Å². The van der Waals surface area contributed by atoms with Gasteiger partial charge in [-0.15, -0.1) is 10.2 Å². The number of aryl methyl sites for hydroxylation is 1. The largest absolute Gasteiger partial charge is 0.419 e. The maximum Gasteiger partial charge on any atom is 0.247 e. The van der Waals surface area contributed by atoms with Crippen LogP contribution in [0.15, 0.2) is 27.1 Å². The molecule has 0 aliphatic rings. The van der Waals surface area contributed by atoms with Crippen molar-refractivity contribution in [3.8, 4) is 11.5 Å². The molecule has 1 atom stereocenters. The zero-order valence-corrected chi connectivity index (χ0v) is 13.0. The van der Waals surface area contributed by atoms with E-state index in [1.807, 2.05) is 32.0 Å². The summed E-state index contributed by atoms with van der Waals surface area (Å²) in [6.07, 6.45) is 1.08. The molecule has 1 unspecified atom stereocenters. The molecular formula is C14H18BrN3O. The molecule has 5 heteroatoms. The molecule has 0 aliphatic heterocycles. The predicted molar refractivity (Wildman–Crippen MR) is 78.9 cm³/mol. The molecule has 102 valence electrons. The van der Waals surface area contributed by atoms with Gasteiger partial charge in [-0.3, -0.25) is 0 Å². The number of nitrogens with one attached hydrogen (secondary N) is 1. The monoisotopic (exact) mass is 323 g/mol. The van der Waals surface area contributed by atoms with Crippen LogP contribution in [0.5, 0.6) is 0 Å². The summed E-state index contributed by atoms with van der Waals surface area (Å²) < 4.78 is 6.80. The fourth-order valence-corrected chi connectivity index (χ4v) is 2.00. The Morgan fingerprint density at radius 1 is 1.37 bits per heavy atom. The summed E-state index contributed by atoms with van der Waals surface area (Å²) in [5.74, 6) is 1.19. The van der Waals surface area contributed by atoms with Gasteiger partial charge in [0, 0.05) is 10.0 Å². The summed E-state index contributed by atoms with van der Waals surface area (Å²) >= 11 is 3.48. The van der Waals surface area contributed by atoms with Crippen molar-refractivity contribution in [2.45, 2.75) is 33.2 Å². The van der Waals surface area contributed by atoms with Crippen LogP contribution in [-0.2, 0) is 0 Å². The molecule has 2 rings (SSSR count). The van der Waals surface area contributed by atoms with Crippen LogP contribution in [0.1, 0.15) is 37.8 Å². The fourth-order valence-electron chi connectivity index (χ4n) is 1.75. The van der Waals surface area contributed by atoms with Crippen LogP contribution >= 0.6 is 15.9 Å². The molecule has 0 fully saturated rings. The fraction of sp³-hybridized carbons (Fsp3) is 0.429. The first-order valence-corrected chi connectivity index (χ1v) is 7.24. The van der Waals surface area contributed by atoms with Gasteiger partial charge in [0.05, 0.1) is 6.04 Å². The lowest BCUT2D eigenvalue weighted by molar-refractivity contribution is 0.423. The Hall–Kier alpha value is -1.20. The molecule has 0 bridgehead atoms. The first-order chi connectivity index (χ1) is 9.11. The number of hydrogen-bond acceptors (Lipinski definition) is 4. The van der Waals surface area contributed by atoms with Crippen LogP contribution in [0.4, 0.5) is 0 Å². The summed E-state index contributed by atoms with van der Waals surface area (Å²) in [6, 6.07) is 6.08. The third-order valence-electron chi connectivity index (χ3n) is 2.92. The van der Waals surface area contributed by atoms with Crippen LogP contribution in [0.25, 0.3) is 11.5 Å². The maximum atomic E-state index is 5.72. The van der Waals surface area contributed by atoms with Crippen molar-refractivity contribution in [2.75, 3.05) is 6.54 Å². The van der Waals surface area contributed by atoms with E-state index in [1.165, 1.54) is 0 Å². The molecule has 0 saturated carbocycles. The smallest absolute Gasteiger partial charge is 0.247 e. The summed E-state index contributed by atoms with van der Waals surface area (Å²) in [5, 5.41) is 11.6. The second-order valence-electron chi connectivity index (χ2n) is 4.59. The number of benzene rings is 1. The van der Waals surface area contributed by atoms with Crippen molar-refractivity contribution in [3.05, 3.63) is 34.1 Å². The quantitative estimate of drug-likeness (QED) is 0.907. The molecule has 1 N–H and O–H groups in total. The highest BCUT2D eigenvalue weighted by Crippen LogP contribution is 2.25. The van der Waals surface area contributed by atoms with Crippen molar-refractivity contribution in [1.29, 1.82) is 0 Å². The van der Waals surface area contributed by atoms with Gasteiger partial charge in [0.2, 0.25) is 11.8 Å². The average Bonchev–Trinajstić information content (AvgIpc) is 2.89. The zero-order chi connectivity index (χ0) is 13.8. The summed E-state index contributed by atoms with van der Waals surface area (Å²) in [4.78, 5) is 0. The van der Waals surface area contributed by atoms with Gasteiger partial charge in [0.15, 0.2) is 0 Å². The Morgan fingerprint density at radius 2 is 2.16 bits per heavy atom. The molecule has 0 saturated heterocycles. The van der Waals surface area contributed by atoms with Gasteiger partial charge in [0.25, 0.3) is 0 Å². The lowest BCUT2D eigenvalue weighted by atomic mass is 10.1. The number of aromatic nitrogens is 2. The molecule has 1 heterocycles. The van der Waals surface area contributed by atoms with E-state index < -0.39 is 0 Å². The van der Waals surface area contributed by atoms with Crippen molar-refractivity contribution in [1.82, 2.24) is 15.5 Å². The van der Waals surface area contributed by atoms with E-state index in [0.717, 1.165) is 28.6 Å². The molecule has 0 radical (unpaired) electrons. The van der Waals surface area contributed by atoms with Gasteiger partial charge in [0.1, 0.15) is 0 Å². The maximum absolute atomic E-state index is 5.72. The minimum atomic E-state index is 0.0812. The van der Waals surface area contributed by atoms with Gasteiger partial charge in [-0.2, -0.15) is 0 Å². The lowest BCUT2D eigenvalue weighted by Gasteiger charge is -2.07. The van der Waals surface area contributed by atoms with E-state index in [-0.39, 0.29) is 6.04 Å². The number of hydrogen-bond donors (Lipinski definition) is 1. The highest BCUT2D eigenvalue weighted by atomic mass is 79.9. The van der Waals surface area contributed by atoms with E-state index in [0.29, 0.717) is 11.8 Å². The van der Waals surface area contributed by atoms with Gasteiger partial charge in [-0.05, 0) is 50.6 Å². The number of rotatable bonds is 5. The molecule has 1 aromatic carbocycles. The second kappa shape index (κ2) is 6.30. The van der Waals surface area contributed by atoms with Gasteiger partial charge in [-0.1, -0.05) is 22.9 Å². The molecule has 2 aromatic rings. The number of halogens is 1. The van der Waals surface area contributed by atoms with Crippen molar-refractivity contribution >= 4 is 15.9 Å². The van der Waals surface area contributed by atoms with Crippen molar-refractivity contribution in [3.63, 3.8) is 0 Å². The molecule has 0 spiro atoms. The Morgan fingerprint density at radius 3 is 2.84 bits per heavy atom. The van der Waals surface area contributed by atoms with Crippen molar-refractivity contribution in [2.24, 2.45) is 0 Å². The standard InChI is InChI=1S/C14H18BrN3O/c1-4-7-16-10(3)13-17-18-14(19-13)11-5-6-12(15)9(2)8-11/h5-6,8,10,16H,4,7H2,1-3H3. The molecule has 19 heavy (non-hydrogen) atoms. The Balaban J connectivity index is 2.18. The zero-order valence-electron chi connectivity index (χ0n) is 11.4. The Labute approximate surface area is 121 Å². The first kappa shape index (κ1) is 14.2. The lowest BCUT2D eigenvalue weighted by Crippen LogP contribution is -2.19. The van der Waals surface area contributed by atoms with Crippen LogP contribution in [-0.4, -0.2) is 16.7 Å². The molecule has 0 aliphatic carbocycles. The molecular weight excluding hydrogens is 306 g/mol. The van der Waals surface area contributed by atoms with Crippen molar-refractivity contribution < 1.29 is 4.42 Å². The van der Waals surface area contributed by atoms with E-state index >= 15 is 0 Å². The van der Waals surface area contributed by atoms with Crippen LogP contribution in [0, 0.1) is 6.92 Å². The van der Waals surface area contributed by atoms with Gasteiger partial charge < -0.3 is 9.73 Å². The third kappa shape index (κ3) is 3.42. The van der Waals surface area contributed by atoms with E-state index in [9.17, 15) is 0 Å². The average molecular weight is 324 g/mol. The van der Waals surface area contributed by atoms with Crippen LogP contribution in [0.2, 0.25) is 0 Å². The minimum Gasteiger partial charge on any atom is -0.419 e. The minimum absolute atomic E-state index is 0.0812. The molecule has 1 aromatic heterocycles. The number of nitrogens with zero attached hydrogens (tertiary/aromatic N) is 2.